The molecule has 0 aliphatic carbocycles. The van der Waals surface area contributed by atoms with Crippen LogP contribution in [0.3, 0.4) is 0 Å². The molecule has 124 valence electrons. The Morgan fingerprint density at radius 1 is 1.21 bits per heavy atom. The van der Waals surface area contributed by atoms with Crippen LogP contribution in [0.2, 0.25) is 5.02 Å². The van der Waals surface area contributed by atoms with Crippen molar-refractivity contribution in [3.8, 4) is 0 Å². The van der Waals surface area contributed by atoms with Gasteiger partial charge in [-0.25, -0.2) is 4.79 Å². The number of nitrogens with one attached hydrogen (secondary N) is 1. The number of nitro groups is 1. The molecule has 0 saturated carbocycles. The molecule has 0 unspecified atom stereocenters. The first kappa shape index (κ1) is 17.2. The summed E-state index contributed by atoms with van der Waals surface area (Å²) in [7, 11) is 0. The van der Waals surface area contributed by atoms with E-state index in [4.69, 9.17) is 22.1 Å². The van der Waals surface area contributed by atoms with Gasteiger partial charge < -0.3 is 15.8 Å². The van der Waals surface area contributed by atoms with Gasteiger partial charge in [-0.2, -0.15) is 0 Å². The number of nitro benzene ring substituents is 1. The molecule has 0 saturated heterocycles. The van der Waals surface area contributed by atoms with Crippen LogP contribution in [0.4, 0.5) is 17.1 Å². The Bertz CT molecular complexity index is 792. The number of benzene rings is 2. The molecule has 0 aliphatic heterocycles. The third-order valence-electron chi connectivity index (χ3n) is 2.93. The highest BCUT2D eigenvalue weighted by Crippen LogP contribution is 2.20. The number of carbonyl (C=O) groups excluding carboxylic acids is 2. The monoisotopic (exact) mass is 349 g/mol. The van der Waals surface area contributed by atoms with Gasteiger partial charge in [0.05, 0.1) is 16.2 Å². The Kier molecular flexibility index (Phi) is 5.33. The van der Waals surface area contributed by atoms with Crippen LogP contribution in [0.1, 0.15) is 10.4 Å². The predicted molar refractivity (Wildman–Crippen MR) is 87.9 cm³/mol. The smallest absolute Gasteiger partial charge is 0.340 e. The summed E-state index contributed by atoms with van der Waals surface area (Å²) in [5.74, 6) is -1.40. The van der Waals surface area contributed by atoms with Gasteiger partial charge in [-0.05, 0) is 30.3 Å². The van der Waals surface area contributed by atoms with Gasteiger partial charge in [-0.15, -0.1) is 0 Å². The molecule has 2 aromatic carbocycles. The molecule has 24 heavy (non-hydrogen) atoms. The molecule has 0 aliphatic rings. The average molecular weight is 350 g/mol. The van der Waals surface area contributed by atoms with Crippen LogP contribution in [0, 0.1) is 10.1 Å². The van der Waals surface area contributed by atoms with Gasteiger partial charge >= 0.3 is 5.97 Å². The lowest BCUT2D eigenvalue weighted by atomic mass is 10.1. The lowest BCUT2D eigenvalue weighted by molar-refractivity contribution is -0.384. The van der Waals surface area contributed by atoms with Gasteiger partial charge in [0.1, 0.15) is 0 Å². The minimum Gasteiger partial charge on any atom is -0.452 e. The fraction of sp³-hybridized carbons (Fsp3) is 0.0667. The van der Waals surface area contributed by atoms with Crippen LogP contribution in [0.5, 0.6) is 0 Å². The maximum absolute atomic E-state index is 11.9. The van der Waals surface area contributed by atoms with E-state index < -0.39 is 23.4 Å². The quantitative estimate of drug-likeness (QED) is 0.370. The SMILES string of the molecule is Nc1cc([N+](=O)[O-])ccc1C(=O)OCC(=O)Nc1ccc(Cl)cc1. The van der Waals surface area contributed by atoms with Crippen molar-refractivity contribution in [2.75, 3.05) is 17.7 Å². The number of amides is 1. The van der Waals surface area contributed by atoms with Gasteiger partial charge in [0, 0.05) is 22.8 Å². The second-order valence-electron chi connectivity index (χ2n) is 4.66. The Morgan fingerprint density at radius 2 is 1.88 bits per heavy atom. The average Bonchev–Trinajstić information content (AvgIpc) is 2.54. The van der Waals surface area contributed by atoms with Gasteiger partial charge in [-0.3, -0.25) is 14.9 Å². The number of hydrogen-bond donors (Lipinski definition) is 2. The molecule has 2 rings (SSSR count). The van der Waals surface area contributed by atoms with Gasteiger partial charge in [0.2, 0.25) is 0 Å². The summed E-state index contributed by atoms with van der Waals surface area (Å²) in [6.07, 6.45) is 0. The largest absolute Gasteiger partial charge is 0.452 e. The minimum atomic E-state index is -0.853. The number of ether oxygens (including phenoxy) is 1. The Labute approximate surface area is 141 Å². The van der Waals surface area contributed by atoms with Crippen molar-refractivity contribution in [2.45, 2.75) is 0 Å². The molecule has 8 nitrogen and oxygen atoms in total. The number of nitrogens with two attached hydrogens (primary N) is 1. The number of nitrogens with zero attached hydrogens (tertiary/aromatic N) is 1. The van der Waals surface area contributed by atoms with Crippen LogP contribution in [0.25, 0.3) is 0 Å². The summed E-state index contributed by atoms with van der Waals surface area (Å²) >= 11 is 5.73. The second-order valence-corrected chi connectivity index (χ2v) is 5.10. The van der Waals surface area contributed by atoms with Crippen molar-refractivity contribution >= 4 is 40.5 Å². The molecule has 0 radical (unpaired) electrons. The van der Waals surface area contributed by atoms with E-state index in [1.807, 2.05) is 0 Å². The van der Waals surface area contributed by atoms with E-state index in [-0.39, 0.29) is 16.9 Å². The maximum atomic E-state index is 11.9. The molecule has 0 bridgehead atoms. The zero-order chi connectivity index (χ0) is 17.7. The van der Waals surface area contributed by atoms with Crippen LogP contribution in [-0.4, -0.2) is 23.4 Å². The predicted octanol–water partition coefficient (Wildman–Crippen LogP) is 2.63. The summed E-state index contributed by atoms with van der Waals surface area (Å²) < 4.78 is 4.84. The maximum Gasteiger partial charge on any atom is 0.340 e. The van der Waals surface area contributed by atoms with Crippen LogP contribution in [0.15, 0.2) is 42.5 Å². The van der Waals surface area contributed by atoms with Gasteiger partial charge in [-0.1, -0.05) is 11.6 Å². The molecular weight excluding hydrogens is 338 g/mol. The van der Waals surface area contributed by atoms with Gasteiger partial charge in [0.15, 0.2) is 6.61 Å². The summed E-state index contributed by atoms with van der Waals surface area (Å²) in [5.41, 5.74) is 5.68. The second kappa shape index (κ2) is 7.42. The number of esters is 1. The number of carbonyl (C=O) groups is 2. The zero-order valence-corrected chi connectivity index (χ0v) is 12.9. The first-order chi connectivity index (χ1) is 11.4. The van der Waals surface area contributed by atoms with Crippen molar-refractivity contribution < 1.29 is 19.2 Å². The van der Waals surface area contributed by atoms with E-state index in [0.29, 0.717) is 10.7 Å². The van der Waals surface area contributed by atoms with Crippen LogP contribution in [-0.2, 0) is 9.53 Å². The lowest BCUT2D eigenvalue weighted by Gasteiger charge is -2.08. The third kappa shape index (κ3) is 4.43. The van der Waals surface area contributed by atoms with Crippen molar-refractivity contribution in [3.63, 3.8) is 0 Å². The highest BCUT2D eigenvalue weighted by molar-refractivity contribution is 6.30. The molecule has 0 fully saturated rings. The van der Waals surface area contributed by atoms with E-state index in [9.17, 15) is 19.7 Å². The highest BCUT2D eigenvalue weighted by atomic mass is 35.5. The standard InChI is InChI=1S/C15H12ClN3O5/c16-9-1-3-10(4-2-9)18-14(20)8-24-15(21)12-6-5-11(19(22)23)7-13(12)17/h1-7H,8,17H2,(H,18,20). The van der Waals surface area contributed by atoms with E-state index in [1.54, 1.807) is 24.3 Å². The number of anilines is 2. The fourth-order valence-corrected chi connectivity index (χ4v) is 1.91. The molecule has 0 atom stereocenters. The number of halogens is 1. The molecule has 3 N–H and O–H groups in total. The Hall–Kier alpha value is -3.13. The van der Waals surface area contributed by atoms with Crippen molar-refractivity contribution in [2.24, 2.45) is 0 Å². The minimum absolute atomic E-state index is 0.0557. The summed E-state index contributed by atoms with van der Waals surface area (Å²) in [5, 5.41) is 13.7. The molecule has 0 spiro atoms. The molecule has 0 heterocycles. The molecule has 2 aromatic rings. The number of rotatable bonds is 5. The van der Waals surface area contributed by atoms with Crippen molar-refractivity contribution in [1.29, 1.82) is 0 Å². The van der Waals surface area contributed by atoms with Crippen molar-refractivity contribution in [3.05, 3.63) is 63.2 Å². The summed E-state index contributed by atoms with van der Waals surface area (Å²) in [4.78, 5) is 33.6. The summed E-state index contributed by atoms with van der Waals surface area (Å²) in [6, 6.07) is 9.73. The van der Waals surface area contributed by atoms with E-state index in [2.05, 4.69) is 5.32 Å². The fourth-order valence-electron chi connectivity index (χ4n) is 1.79. The number of non-ortho nitro benzene ring substituents is 1. The summed E-state index contributed by atoms with van der Waals surface area (Å²) in [6.45, 7) is -0.530. The van der Waals surface area contributed by atoms with Crippen LogP contribution < -0.4 is 11.1 Å². The number of nitrogen functional groups attached to an aromatic ring is 1. The molecule has 0 aromatic heterocycles. The van der Waals surface area contributed by atoms with E-state index in [1.165, 1.54) is 6.07 Å². The van der Waals surface area contributed by atoms with Gasteiger partial charge in [0.25, 0.3) is 11.6 Å². The normalized spacial score (nSPS) is 10.0. The number of hydrogen-bond acceptors (Lipinski definition) is 6. The molecule has 1 amide bonds. The van der Waals surface area contributed by atoms with E-state index in [0.717, 1.165) is 12.1 Å². The van der Waals surface area contributed by atoms with Crippen LogP contribution >= 0.6 is 11.6 Å². The zero-order valence-electron chi connectivity index (χ0n) is 12.2. The first-order valence-electron chi connectivity index (χ1n) is 6.63. The third-order valence-corrected chi connectivity index (χ3v) is 3.18. The molecular formula is C15H12ClN3O5. The first-order valence-corrected chi connectivity index (χ1v) is 7.01. The molecule has 9 heteroatoms. The van der Waals surface area contributed by atoms with Crippen molar-refractivity contribution in [1.82, 2.24) is 0 Å². The Balaban J connectivity index is 1.94. The topological polar surface area (TPSA) is 125 Å². The van der Waals surface area contributed by atoms with E-state index >= 15 is 0 Å². The highest BCUT2D eigenvalue weighted by Gasteiger charge is 2.16. The lowest BCUT2D eigenvalue weighted by Crippen LogP contribution is -2.21. The Morgan fingerprint density at radius 3 is 2.46 bits per heavy atom.